The number of hydrogen-bond donors (Lipinski definition) is 0. The average molecular weight is 270 g/mol. The van der Waals surface area contributed by atoms with Crippen molar-refractivity contribution in [3.63, 3.8) is 0 Å². The molecule has 0 radical (unpaired) electrons. The van der Waals surface area contributed by atoms with Crippen LogP contribution in [0.15, 0.2) is 10.8 Å². The molecule has 0 aromatic rings. The van der Waals surface area contributed by atoms with Gasteiger partial charge in [0.2, 0.25) is 6.04 Å². The predicted octanol–water partition coefficient (Wildman–Crippen LogP) is 2.15. The Morgan fingerprint density at radius 1 is 1.56 bits per heavy atom. The summed E-state index contributed by atoms with van der Waals surface area (Å²) < 4.78 is 10.4. The van der Waals surface area contributed by atoms with Crippen molar-refractivity contribution >= 4 is 23.2 Å². The van der Waals surface area contributed by atoms with Gasteiger partial charge in [0.25, 0.3) is 0 Å². The molecule has 92 valence electrons. The second-order valence-electron chi connectivity index (χ2n) is 3.40. The molecule has 1 aliphatic carbocycles. The molecule has 1 aliphatic rings. The molecule has 7 heteroatoms. The van der Waals surface area contributed by atoms with E-state index in [1.807, 2.05) is 0 Å². The molecule has 1 rings (SSSR count). The number of halogens is 2. The smallest absolute Gasteiger partial charge is 0.244 e. The Morgan fingerprint density at radius 3 is 2.75 bits per heavy atom. The SMILES string of the molecule is COC1CC(OCCCl)=C(Cl)CC1[N+](=O)[O-]. The van der Waals surface area contributed by atoms with E-state index < -0.39 is 12.1 Å². The highest BCUT2D eigenvalue weighted by molar-refractivity contribution is 6.29. The quantitative estimate of drug-likeness (QED) is 0.436. The van der Waals surface area contributed by atoms with Crippen molar-refractivity contribution in [1.82, 2.24) is 0 Å². The third kappa shape index (κ3) is 3.23. The zero-order valence-corrected chi connectivity index (χ0v) is 10.3. The standard InChI is InChI=1S/C9H13Cl2NO4/c1-15-9-5-8(16-3-2-10)6(11)4-7(9)12(13)14/h7,9H,2-5H2,1H3. The third-order valence-corrected chi connectivity index (χ3v) is 2.95. The molecule has 0 aromatic carbocycles. The summed E-state index contributed by atoms with van der Waals surface area (Å²) >= 11 is 11.4. The largest absolute Gasteiger partial charge is 0.495 e. The van der Waals surface area contributed by atoms with Crippen molar-refractivity contribution < 1.29 is 14.4 Å². The molecule has 0 saturated carbocycles. The molecule has 2 unspecified atom stereocenters. The van der Waals surface area contributed by atoms with Gasteiger partial charge in [-0.3, -0.25) is 10.1 Å². The van der Waals surface area contributed by atoms with Gasteiger partial charge in [0.1, 0.15) is 18.5 Å². The maximum Gasteiger partial charge on any atom is 0.244 e. The fourth-order valence-corrected chi connectivity index (χ4v) is 1.98. The molecule has 0 amide bonds. The number of alkyl halides is 1. The molecular formula is C9H13Cl2NO4. The number of nitrogens with zero attached hydrogens (tertiary/aromatic N) is 1. The van der Waals surface area contributed by atoms with Crippen LogP contribution in [0.5, 0.6) is 0 Å². The van der Waals surface area contributed by atoms with Crippen molar-refractivity contribution in [2.24, 2.45) is 0 Å². The zero-order chi connectivity index (χ0) is 12.1. The number of methoxy groups -OCH3 is 1. The van der Waals surface area contributed by atoms with E-state index in [0.29, 0.717) is 29.7 Å². The van der Waals surface area contributed by atoms with Gasteiger partial charge in [0, 0.05) is 18.5 Å². The minimum Gasteiger partial charge on any atom is -0.495 e. The van der Waals surface area contributed by atoms with E-state index in [2.05, 4.69) is 0 Å². The minimum atomic E-state index is -0.805. The summed E-state index contributed by atoms with van der Waals surface area (Å²) in [7, 11) is 1.44. The number of ether oxygens (including phenoxy) is 2. The Morgan fingerprint density at radius 2 is 2.25 bits per heavy atom. The first-order chi connectivity index (χ1) is 7.60. The molecule has 0 heterocycles. The molecule has 0 bridgehead atoms. The lowest BCUT2D eigenvalue weighted by atomic mass is 9.97. The van der Waals surface area contributed by atoms with E-state index in [0.717, 1.165) is 0 Å². The van der Waals surface area contributed by atoms with Crippen molar-refractivity contribution in [2.75, 3.05) is 19.6 Å². The van der Waals surface area contributed by atoms with Crippen molar-refractivity contribution in [1.29, 1.82) is 0 Å². The lowest BCUT2D eigenvalue weighted by molar-refractivity contribution is -0.535. The van der Waals surface area contributed by atoms with E-state index >= 15 is 0 Å². The first-order valence-corrected chi connectivity index (χ1v) is 5.74. The summed E-state index contributed by atoms with van der Waals surface area (Å²) in [6.07, 6.45) is -0.0365. The fraction of sp³-hybridized carbons (Fsp3) is 0.778. The van der Waals surface area contributed by atoms with Crippen LogP contribution in [0, 0.1) is 10.1 Å². The Kier molecular flexibility index (Phi) is 5.31. The van der Waals surface area contributed by atoms with E-state index in [1.165, 1.54) is 7.11 Å². The van der Waals surface area contributed by atoms with Crippen LogP contribution < -0.4 is 0 Å². The van der Waals surface area contributed by atoms with E-state index in [-0.39, 0.29) is 11.3 Å². The topological polar surface area (TPSA) is 61.6 Å². The predicted molar refractivity (Wildman–Crippen MR) is 60.4 cm³/mol. The molecule has 0 N–H and O–H groups in total. The lowest BCUT2D eigenvalue weighted by Gasteiger charge is -2.26. The van der Waals surface area contributed by atoms with Crippen LogP contribution in [0.2, 0.25) is 0 Å². The van der Waals surface area contributed by atoms with Crippen LogP contribution in [-0.4, -0.2) is 36.7 Å². The maximum atomic E-state index is 10.8. The lowest BCUT2D eigenvalue weighted by Crippen LogP contribution is -2.38. The van der Waals surface area contributed by atoms with Crippen LogP contribution in [0.4, 0.5) is 0 Å². The van der Waals surface area contributed by atoms with Gasteiger partial charge in [0.15, 0.2) is 0 Å². The number of nitro groups is 1. The van der Waals surface area contributed by atoms with Gasteiger partial charge in [-0.25, -0.2) is 0 Å². The summed E-state index contributed by atoms with van der Waals surface area (Å²) in [4.78, 5) is 10.4. The monoisotopic (exact) mass is 269 g/mol. The average Bonchev–Trinajstić information content (AvgIpc) is 2.26. The molecular weight excluding hydrogens is 257 g/mol. The Bertz CT molecular complexity index is 295. The Hall–Kier alpha value is -0.520. The van der Waals surface area contributed by atoms with Crippen LogP contribution in [0.1, 0.15) is 12.8 Å². The van der Waals surface area contributed by atoms with Gasteiger partial charge >= 0.3 is 0 Å². The summed E-state index contributed by atoms with van der Waals surface area (Å²) in [6, 6.07) is -0.805. The van der Waals surface area contributed by atoms with Gasteiger partial charge in [-0.05, 0) is 0 Å². The molecule has 0 fully saturated rings. The summed E-state index contributed by atoms with van der Waals surface area (Å²) in [5, 5.41) is 11.2. The highest BCUT2D eigenvalue weighted by Crippen LogP contribution is 2.31. The second kappa shape index (κ2) is 6.27. The summed E-state index contributed by atoms with van der Waals surface area (Å²) in [5.41, 5.74) is 0. The van der Waals surface area contributed by atoms with E-state index in [4.69, 9.17) is 32.7 Å². The van der Waals surface area contributed by atoms with Gasteiger partial charge in [-0.2, -0.15) is 0 Å². The minimum absolute atomic E-state index is 0.144. The van der Waals surface area contributed by atoms with Crippen LogP contribution in [-0.2, 0) is 9.47 Å². The van der Waals surface area contributed by atoms with Gasteiger partial charge in [0.05, 0.1) is 17.3 Å². The molecule has 0 spiro atoms. The van der Waals surface area contributed by atoms with Crippen molar-refractivity contribution in [3.8, 4) is 0 Å². The third-order valence-electron chi connectivity index (χ3n) is 2.43. The van der Waals surface area contributed by atoms with Crippen molar-refractivity contribution in [3.05, 3.63) is 20.9 Å². The molecule has 0 aliphatic heterocycles. The number of hydrogen-bond acceptors (Lipinski definition) is 4. The van der Waals surface area contributed by atoms with Crippen LogP contribution in [0.25, 0.3) is 0 Å². The first-order valence-electron chi connectivity index (χ1n) is 4.82. The van der Waals surface area contributed by atoms with Gasteiger partial charge in [-0.1, -0.05) is 11.6 Å². The van der Waals surface area contributed by atoms with Crippen LogP contribution >= 0.6 is 23.2 Å². The summed E-state index contributed by atoms with van der Waals surface area (Å²) in [5.74, 6) is 0.900. The fourth-order valence-electron chi connectivity index (χ4n) is 1.61. The van der Waals surface area contributed by atoms with E-state index in [1.54, 1.807) is 0 Å². The van der Waals surface area contributed by atoms with Crippen molar-refractivity contribution in [2.45, 2.75) is 25.0 Å². The Balaban J connectivity index is 2.74. The first kappa shape index (κ1) is 13.5. The maximum absolute atomic E-state index is 10.8. The molecule has 0 aromatic heterocycles. The molecule has 2 atom stereocenters. The molecule has 16 heavy (non-hydrogen) atoms. The Labute approximate surface area is 103 Å². The van der Waals surface area contributed by atoms with Gasteiger partial charge in [-0.15, -0.1) is 11.6 Å². The molecule has 5 nitrogen and oxygen atoms in total. The normalized spacial score (nSPS) is 25.7. The highest BCUT2D eigenvalue weighted by atomic mass is 35.5. The summed E-state index contributed by atoms with van der Waals surface area (Å²) in [6.45, 7) is 0.340. The number of rotatable bonds is 5. The van der Waals surface area contributed by atoms with E-state index in [9.17, 15) is 10.1 Å². The van der Waals surface area contributed by atoms with Crippen LogP contribution in [0.3, 0.4) is 0 Å². The zero-order valence-electron chi connectivity index (χ0n) is 8.82. The van der Waals surface area contributed by atoms with Gasteiger partial charge < -0.3 is 9.47 Å². The second-order valence-corrected chi connectivity index (χ2v) is 4.23. The highest BCUT2D eigenvalue weighted by Gasteiger charge is 2.38. The molecule has 0 saturated heterocycles.